The van der Waals surface area contributed by atoms with Crippen LogP contribution in [-0.2, 0) is 11.1 Å². The van der Waals surface area contributed by atoms with Gasteiger partial charge in [-0.25, -0.2) is 4.21 Å². The molecule has 2 nitrogen and oxygen atoms in total. The lowest BCUT2D eigenvalue weighted by molar-refractivity contribution is 0.564. The lowest BCUT2D eigenvalue weighted by Gasteiger charge is -1.89. The van der Waals surface area contributed by atoms with Gasteiger partial charge < -0.3 is 4.55 Å². The molecule has 0 saturated heterocycles. The molecule has 1 aromatic carbocycles. The smallest absolute Gasteiger partial charge is 0.186 e. The standard InChI is InChI=1S/C6H6O2S.Mg/c7-9(8)6-4-2-1-3-5-6;/h1-5H,(H,7,8);. The third kappa shape index (κ3) is 2.79. The van der Waals surface area contributed by atoms with Crippen LogP contribution in [0.2, 0.25) is 0 Å². The van der Waals surface area contributed by atoms with E-state index in [4.69, 9.17) is 4.55 Å². The van der Waals surface area contributed by atoms with Gasteiger partial charge in [-0.1, -0.05) is 18.2 Å². The molecule has 0 saturated carbocycles. The minimum Gasteiger partial charge on any atom is -0.302 e. The Morgan fingerprint density at radius 3 is 2.00 bits per heavy atom. The highest BCUT2D eigenvalue weighted by Crippen LogP contribution is 2.00. The second kappa shape index (κ2) is 4.84. The Hall–Kier alpha value is 0.0962. The second-order valence-corrected chi connectivity index (χ2v) is 2.53. The van der Waals surface area contributed by atoms with Gasteiger partial charge in [0, 0.05) is 23.1 Å². The largest absolute Gasteiger partial charge is 0.302 e. The summed E-state index contributed by atoms with van der Waals surface area (Å²) in [5.74, 6) is 0. The van der Waals surface area contributed by atoms with E-state index in [9.17, 15) is 4.21 Å². The van der Waals surface area contributed by atoms with Crippen molar-refractivity contribution in [2.45, 2.75) is 4.90 Å². The molecule has 1 unspecified atom stereocenters. The molecular weight excluding hydrogens is 160 g/mol. The molecule has 0 aliphatic carbocycles. The highest BCUT2D eigenvalue weighted by molar-refractivity contribution is 7.79. The lowest BCUT2D eigenvalue weighted by atomic mass is 10.4. The third-order valence-electron chi connectivity index (χ3n) is 0.945. The minimum atomic E-state index is -1.83. The summed E-state index contributed by atoms with van der Waals surface area (Å²) in [5.41, 5.74) is 0. The summed E-state index contributed by atoms with van der Waals surface area (Å²) in [5, 5.41) is 0. The van der Waals surface area contributed by atoms with Crippen molar-refractivity contribution in [3.63, 3.8) is 0 Å². The van der Waals surface area contributed by atoms with Gasteiger partial charge in [0.2, 0.25) is 0 Å². The van der Waals surface area contributed by atoms with Gasteiger partial charge in [0.1, 0.15) is 0 Å². The quantitative estimate of drug-likeness (QED) is 0.497. The van der Waals surface area contributed by atoms with E-state index in [2.05, 4.69) is 0 Å². The monoisotopic (exact) mass is 166 g/mol. The first-order valence-electron chi connectivity index (χ1n) is 2.46. The Bertz CT molecular complexity index is 212. The molecule has 10 heavy (non-hydrogen) atoms. The first-order chi connectivity index (χ1) is 4.30. The molecular formula is C6H6MgO2S. The zero-order chi connectivity index (χ0) is 6.69. The Labute approximate surface area is 78.1 Å². The highest BCUT2D eigenvalue weighted by atomic mass is 32.2. The molecule has 0 fully saturated rings. The Kier molecular flexibility index (Phi) is 4.89. The minimum absolute atomic E-state index is 0. The zero-order valence-corrected chi connectivity index (χ0v) is 7.59. The van der Waals surface area contributed by atoms with Crippen molar-refractivity contribution in [2.24, 2.45) is 0 Å². The SMILES string of the molecule is O=S(O)c1ccccc1.[Mg]. The molecule has 1 aromatic rings. The van der Waals surface area contributed by atoms with Crippen molar-refractivity contribution >= 4 is 34.1 Å². The lowest BCUT2D eigenvalue weighted by Crippen LogP contribution is -1.84. The van der Waals surface area contributed by atoms with E-state index in [1.54, 1.807) is 30.3 Å². The van der Waals surface area contributed by atoms with Crippen molar-refractivity contribution in [3.8, 4) is 0 Å². The summed E-state index contributed by atoms with van der Waals surface area (Å²) in [4.78, 5) is 0.442. The van der Waals surface area contributed by atoms with Gasteiger partial charge in [0.25, 0.3) is 0 Å². The van der Waals surface area contributed by atoms with Crippen molar-refractivity contribution in [2.75, 3.05) is 0 Å². The first-order valence-corrected chi connectivity index (χ1v) is 3.57. The van der Waals surface area contributed by atoms with Crippen LogP contribution in [0.1, 0.15) is 0 Å². The van der Waals surface area contributed by atoms with Gasteiger partial charge >= 0.3 is 0 Å². The van der Waals surface area contributed by atoms with E-state index >= 15 is 0 Å². The summed E-state index contributed by atoms with van der Waals surface area (Å²) >= 11 is -1.83. The van der Waals surface area contributed by atoms with Gasteiger partial charge in [-0.05, 0) is 12.1 Å². The molecule has 1 atom stereocenters. The van der Waals surface area contributed by atoms with Crippen molar-refractivity contribution in [1.29, 1.82) is 0 Å². The van der Waals surface area contributed by atoms with Crippen molar-refractivity contribution in [3.05, 3.63) is 30.3 Å². The summed E-state index contributed by atoms with van der Waals surface area (Å²) in [7, 11) is 0. The fourth-order valence-electron chi connectivity index (χ4n) is 0.537. The molecule has 2 radical (unpaired) electrons. The number of hydrogen-bond acceptors (Lipinski definition) is 1. The molecule has 4 heteroatoms. The number of rotatable bonds is 1. The van der Waals surface area contributed by atoms with E-state index in [1.165, 1.54) is 0 Å². The van der Waals surface area contributed by atoms with Crippen LogP contribution in [0.4, 0.5) is 0 Å². The third-order valence-corrected chi connectivity index (χ3v) is 1.62. The van der Waals surface area contributed by atoms with Gasteiger partial charge in [0.05, 0.1) is 4.90 Å². The molecule has 0 spiro atoms. The van der Waals surface area contributed by atoms with Crippen LogP contribution < -0.4 is 0 Å². The first kappa shape index (κ1) is 10.1. The van der Waals surface area contributed by atoms with Gasteiger partial charge in [-0.3, -0.25) is 0 Å². The summed E-state index contributed by atoms with van der Waals surface area (Å²) in [6.07, 6.45) is 0. The normalized spacial score (nSPS) is 11.7. The van der Waals surface area contributed by atoms with Gasteiger partial charge in [-0.15, -0.1) is 0 Å². The van der Waals surface area contributed by atoms with Crippen LogP contribution in [-0.4, -0.2) is 31.8 Å². The molecule has 0 aliphatic heterocycles. The summed E-state index contributed by atoms with van der Waals surface area (Å²) in [6, 6.07) is 8.47. The van der Waals surface area contributed by atoms with Gasteiger partial charge in [-0.2, -0.15) is 0 Å². The average molecular weight is 166 g/mol. The summed E-state index contributed by atoms with van der Waals surface area (Å²) in [6.45, 7) is 0. The molecule has 1 N–H and O–H groups in total. The van der Waals surface area contributed by atoms with Crippen molar-refractivity contribution < 1.29 is 8.76 Å². The molecule has 0 heterocycles. The summed E-state index contributed by atoms with van der Waals surface area (Å²) < 4.78 is 18.8. The van der Waals surface area contributed by atoms with Crippen LogP contribution in [0.25, 0.3) is 0 Å². The van der Waals surface area contributed by atoms with Crippen LogP contribution in [0.15, 0.2) is 35.2 Å². The molecule has 0 bridgehead atoms. The van der Waals surface area contributed by atoms with E-state index < -0.39 is 11.1 Å². The van der Waals surface area contributed by atoms with Crippen LogP contribution in [0.3, 0.4) is 0 Å². The molecule has 0 aromatic heterocycles. The predicted octanol–water partition coefficient (Wildman–Crippen LogP) is 0.886. The number of benzene rings is 1. The maximum Gasteiger partial charge on any atom is 0.186 e. The van der Waals surface area contributed by atoms with Crippen LogP contribution in [0.5, 0.6) is 0 Å². The average Bonchev–Trinajstić information content (AvgIpc) is 1.90. The van der Waals surface area contributed by atoms with Gasteiger partial charge in [0.15, 0.2) is 11.1 Å². The molecule has 0 aliphatic rings. The van der Waals surface area contributed by atoms with E-state index in [1.807, 2.05) is 0 Å². The van der Waals surface area contributed by atoms with E-state index in [-0.39, 0.29) is 23.1 Å². The van der Waals surface area contributed by atoms with Crippen molar-refractivity contribution in [1.82, 2.24) is 0 Å². The Morgan fingerprint density at radius 1 is 1.20 bits per heavy atom. The van der Waals surface area contributed by atoms with E-state index in [0.29, 0.717) is 4.90 Å². The predicted molar refractivity (Wildman–Crippen MR) is 41.2 cm³/mol. The number of hydrogen-bond donors (Lipinski definition) is 1. The van der Waals surface area contributed by atoms with Crippen LogP contribution >= 0.6 is 0 Å². The molecule has 1 rings (SSSR count). The molecule has 0 amide bonds. The van der Waals surface area contributed by atoms with Crippen LogP contribution in [0, 0.1) is 0 Å². The fraction of sp³-hybridized carbons (Fsp3) is 0. The Balaban J connectivity index is 0.000000810. The maximum absolute atomic E-state index is 10.3. The van der Waals surface area contributed by atoms with E-state index in [0.717, 1.165) is 0 Å². The Morgan fingerprint density at radius 2 is 1.70 bits per heavy atom. The maximum atomic E-state index is 10.3. The highest BCUT2D eigenvalue weighted by Gasteiger charge is 1.93. The molecule has 50 valence electrons. The fourth-order valence-corrected chi connectivity index (χ4v) is 0.927. The zero-order valence-electron chi connectivity index (χ0n) is 5.36. The second-order valence-electron chi connectivity index (χ2n) is 1.56. The topological polar surface area (TPSA) is 37.3 Å².